The van der Waals surface area contributed by atoms with E-state index >= 15 is 0 Å². The van der Waals surface area contributed by atoms with Crippen LogP contribution in [0, 0.1) is 13.8 Å². The first-order valence-corrected chi connectivity index (χ1v) is 7.54. The number of benzene rings is 1. The van der Waals surface area contributed by atoms with Crippen molar-refractivity contribution in [3.05, 3.63) is 40.1 Å². The second-order valence-electron chi connectivity index (χ2n) is 5.28. The van der Waals surface area contributed by atoms with Crippen molar-refractivity contribution < 1.29 is 9.90 Å². The molecule has 0 bridgehead atoms. The Morgan fingerprint density at radius 2 is 2.10 bits per heavy atom. The van der Waals surface area contributed by atoms with Crippen LogP contribution in [-0.4, -0.2) is 15.6 Å². The monoisotopic (exact) mass is 305 g/mol. The molecule has 4 heteroatoms. The number of aromatic nitrogens is 1. The first-order valence-electron chi connectivity index (χ1n) is 7.16. The van der Waals surface area contributed by atoms with Crippen LogP contribution in [0.1, 0.15) is 36.5 Å². The quantitative estimate of drug-likeness (QED) is 0.805. The van der Waals surface area contributed by atoms with Crippen molar-refractivity contribution in [1.82, 2.24) is 4.57 Å². The van der Waals surface area contributed by atoms with E-state index in [9.17, 15) is 4.79 Å². The molecule has 1 N–H and O–H groups in total. The van der Waals surface area contributed by atoms with Crippen LogP contribution < -0.4 is 0 Å². The van der Waals surface area contributed by atoms with Crippen LogP contribution in [0.2, 0.25) is 5.15 Å². The van der Waals surface area contributed by atoms with Crippen molar-refractivity contribution in [1.29, 1.82) is 0 Å². The Morgan fingerprint density at radius 3 is 2.71 bits per heavy atom. The average molecular weight is 306 g/mol. The van der Waals surface area contributed by atoms with Gasteiger partial charge in [-0.25, -0.2) is 4.79 Å². The molecule has 2 rings (SSSR count). The maximum atomic E-state index is 10.8. The van der Waals surface area contributed by atoms with Gasteiger partial charge in [0.1, 0.15) is 5.15 Å². The lowest BCUT2D eigenvalue weighted by atomic mass is 10.0. The lowest BCUT2D eigenvalue weighted by molar-refractivity contribution is -0.131. The summed E-state index contributed by atoms with van der Waals surface area (Å²) in [6, 6.07) is 4.07. The molecular formula is C17H20ClNO2. The summed E-state index contributed by atoms with van der Waals surface area (Å²) in [5.74, 6) is -0.968. The van der Waals surface area contributed by atoms with E-state index < -0.39 is 5.97 Å². The van der Waals surface area contributed by atoms with Crippen LogP contribution in [0.3, 0.4) is 0 Å². The highest BCUT2D eigenvalue weighted by atomic mass is 35.5. The zero-order valence-corrected chi connectivity index (χ0v) is 13.4. The number of carboxylic acid groups (broad SMARTS) is 1. The van der Waals surface area contributed by atoms with E-state index in [1.807, 2.05) is 6.07 Å². The standard InChI is InChI=1S/C17H20ClNO2/c1-4-5-10-19-16-12(3)11(2)6-7-13(16)14(17(19)18)8-9-15(20)21/h6-9H,4-5,10H2,1-3H3,(H,20,21)/b9-8+. The summed E-state index contributed by atoms with van der Waals surface area (Å²) in [6.45, 7) is 7.15. The lowest BCUT2D eigenvalue weighted by Gasteiger charge is -2.09. The molecule has 2 aromatic rings. The minimum atomic E-state index is -0.968. The van der Waals surface area contributed by atoms with Crippen molar-refractivity contribution >= 4 is 34.5 Å². The van der Waals surface area contributed by atoms with E-state index in [1.165, 1.54) is 11.1 Å². The van der Waals surface area contributed by atoms with Crippen molar-refractivity contribution in [3.63, 3.8) is 0 Å². The van der Waals surface area contributed by atoms with Gasteiger partial charge in [-0.2, -0.15) is 0 Å². The summed E-state index contributed by atoms with van der Waals surface area (Å²) in [4.78, 5) is 10.8. The van der Waals surface area contributed by atoms with Gasteiger partial charge >= 0.3 is 5.97 Å². The minimum Gasteiger partial charge on any atom is -0.478 e. The van der Waals surface area contributed by atoms with Gasteiger partial charge in [-0.15, -0.1) is 0 Å². The Hall–Kier alpha value is -1.74. The van der Waals surface area contributed by atoms with E-state index in [-0.39, 0.29) is 0 Å². The lowest BCUT2D eigenvalue weighted by Crippen LogP contribution is -1.99. The second kappa shape index (κ2) is 6.35. The number of hydrogen-bond donors (Lipinski definition) is 1. The summed E-state index contributed by atoms with van der Waals surface area (Å²) in [6.07, 6.45) is 4.85. The summed E-state index contributed by atoms with van der Waals surface area (Å²) < 4.78 is 2.10. The topological polar surface area (TPSA) is 42.2 Å². The van der Waals surface area contributed by atoms with Gasteiger partial charge in [-0.3, -0.25) is 0 Å². The predicted molar refractivity (Wildman–Crippen MR) is 88.0 cm³/mol. The van der Waals surface area contributed by atoms with Gasteiger partial charge in [0, 0.05) is 23.6 Å². The Labute approximate surface area is 129 Å². The number of aryl methyl sites for hydroxylation is 3. The maximum absolute atomic E-state index is 10.8. The summed E-state index contributed by atoms with van der Waals surface area (Å²) >= 11 is 6.51. The number of unbranched alkanes of at least 4 members (excludes halogenated alkanes) is 1. The molecule has 1 heterocycles. The number of carbonyl (C=O) groups is 1. The van der Waals surface area contributed by atoms with Crippen LogP contribution >= 0.6 is 11.6 Å². The van der Waals surface area contributed by atoms with E-state index in [2.05, 4.69) is 31.4 Å². The molecule has 1 aromatic heterocycles. The van der Waals surface area contributed by atoms with Crippen LogP contribution in [0.25, 0.3) is 17.0 Å². The molecule has 1 aromatic carbocycles. The Morgan fingerprint density at radius 1 is 1.38 bits per heavy atom. The molecule has 0 saturated carbocycles. The van der Waals surface area contributed by atoms with Crippen molar-refractivity contribution in [2.45, 2.75) is 40.2 Å². The molecule has 0 saturated heterocycles. The highest BCUT2D eigenvalue weighted by Gasteiger charge is 2.16. The fourth-order valence-electron chi connectivity index (χ4n) is 2.56. The second-order valence-corrected chi connectivity index (χ2v) is 5.64. The number of fused-ring (bicyclic) bond motifs is 1. The molecule has 21 heavy (non-hydrogen) atoms. The summed E-state index contributed by atoms with van der Waals surface area (Å²) in [5.41, 5.74) is 4.30. The van der Waals surface area contributed by atoms with Crippen LogP contribution in [0.5, 0.6) is 0 Å². The van der Waals surface area contributed by atoms with Gasteiger partial charge in [0.25, 0.3) is 0 Å². The van der Waals surface area contributed by atoms with Gasteiger partial charge in [-0.05, 0) is 37.5 Å². The Balaban J connectivity index is 2.72. The smallest absolute Gasteiger partial charge is 0.328 e. The first kappa shape index (κ1) is 15.6. The van der Waals surface area contributed by atoms with Gasteiger partial charge in [-0.1, -0.05) is 37.1 Å². The van der Waals surface area contributed by atoms with Gasteiger partial charge < -0.3 is 9.67 Å². The molecular weight excluding hydrogens is 286 g/mol. The number of carboxylic acids is 1. The average Bonchev–Trinajstić information content (AvgIpc) is 2.71. The third-order valence-corrected chi connectivity index (χ3v) is 4.26. The zero-order valence-electron chi connectivity index (χ0n) is 12.6. The highest BCUT2D eigenvalue weighted by Crippen LogP contribution is 2.34. The van der Waals surface area contributed by atoms with Crippen molar-refractivity contribution in [2.75, 3.05) is 0 Å². The maximum Gasteiger partial charge on any atom is 0.328 e. The molecule has 112 valence electrons. The van der Waals surface area contributed by atoms with Crippen LogP contribution in [-0.2, 0) is 11.3 Å². The summed E-state index contributed by atoms with van der Waals surface area (Å²) in [7, 11) is 0. The fourth-order valence-corrected chi connectivity index (χ4v) is 2.89. The molecule has 0 fully saturated rings. The first-order chi connectivity index (χ1) is 9.97. The number of rotatable bonds is 5. The van der Waals surface area contributed by atoms with Gasteiger partial charge in [0.15, 0.2) is 0 Å². The predicted octanol–water partition coefficient (Wildman–Crippen LogP) is 4.81. The molecule has 0 spiro atoms. The third kappa shape index (κ3) is 2.98. The minimum absolute atomic E-state index is 0.615. The molecule has 0 aliphatic rings. The number of nitrogens with zero attached hydrogens (tertiary/aromatic N) is 1. The Bertz CT molecular complexity index is 713. The SMILES string of the molecule is CCCCn1c(Cl)c(/C=C/C(=O)O)c2ccc(C)c(C)c21. The molecule has 0 radical (unpaired) electrons. The van der Waals surface area contributed by atoms with E-state index in [1.54, 1.807) is 6.08 Å². The van der Waals surface area contributed by atoms with Crippen molar-refractivity contribution in [3.8, 4) is 0 Å². The number of hydrogen-bond acceptors (Lipinski definition) is 1. The molecule has 0 aliphatic heterocycles. The van der Waals surface area contributed by atoms with Gasteiger partial charge in [0.05, 0.1) is 5.52 Å². The third-order valence-electron chi connectivity index (χ3n) is 3.85. The zero-order chi connectivity index (χ0) is 15.6. The molecule has 0 unspecified atom stereocenters. The molecule has 0 aliphatic carbocycles. The van der Waals surface area contributed by atoms with Gasteiger partial charge in [0.2, 0.25) is 0 Å². The molecule has 3 nitrogen and oxygen atoms in total. The Kier molecular flexibility index (Phi) is 4.73. The summed E-state index contributed by atoms with van der Waals surface area (Å²) in [5, 5.41) is 10.5. The van der Waals surface area contributed by atoms with E-state index in [0.717, 1.165) is 41.9 Å². The van der Waals surface area contributed by atoms with E-state index in [0.29, 0.717) is 5.15 Å². The molecule has 0 atom stereocenters. The van der Waals surface area contributed by atoms with Crippen molar-refractivity contribution in [2.24, 2.45) is 0 Å². The highest BCUT2D eigenvalue weighted by molar-refractivity contribution is 6.33. The molecule has 0 amide bonds. The van der Waals surface area contributed by atoms with E-state index in [4.69, 9.17) is 16.7 Å². The fraction of sp³-hybridized carbons (Fsp3) is 0.353. The van der Waals surface area contributed by atoms with Crippen LogP contribution in [0.15, 0.2) is 18.2 Å². The largest absolute Gasteiger partial charge is 0.478 e. The normalized spacial score (nSPS) is 11.6. The number of aliphatic carboxylic acids is 1. The number of halogens is 1. The van der Waals surface area contributed by atoms with Crippen LogP contribution in [0.4, 0.5) is 0 Å².